The van der Waals surface area contributed by atoms with Gasteiger partial charge in [-0.25, -0.2) is 9.50 Å². The largest absolute Gasteiger partial charge is 0.219 e. The van der Waals surface area contributed by atoms with Crippen molar-refractivity contribution in [2.75, 3.05) is 0 Å². The molecule has 0 radical (unpaired) electrons. The van der Waals surface area contributed by atoms with Crippen LogP contribution in [0, 0.1) is 6.92 Å². The Kier molecular flexibility index (Phi) is 2.44. The van der Waals surface area contributed by atoms with Crippen LogP contribution < -0.4 is 0 Å². The predicted octanol–water partition coefficient (Wildman–Crippen LogP) is 3.47. The Labute approximate surface area is 107 Å². The van der Waals surface area contributed by atoms with Gasteiger partial charge < -0.3 is 0 Å². The number of rotatable bonds is 1. The molecule has 0 aliphatic carbocycles. The van der Waals surface area contributed by atoms with Crippen LogP contribution in [0.5, 0.6) is 0 Å². The van der Waals surface area contributed by atoms with Crippen molar-refractivity contribution in [3.05, 3.63) is 52.6 Å². The van der Waals surface area contributed by atoms with E-state index < -0.39 is 0 Å². The van der Waals surface area contributed by atoms with Crippen LogP contribution in [0.1, 0.15) is 5.56 Å². The Hall–Kier alpha value is -1.68. The Morgan fingerprint density at radius 3 is 2.71 bits per heavy atom. The lowest BCUT2D eigenvalue weighted by Gasteiger charge is -1.96. The molecule has 0 aliphatic heterocycles. The molecule has 0 atom stereocenters. The second-order valence-electron chi connectivity index (χ2n) is 3.91. The molecule has 3 rings (SSSR count). The zero-order valence-electron chi connectivity index (χ0n) is 9.26. The van der Waals surface area contributed by atoms with Gasteiger partial charge in [0.2, 0.25) is 0 Å². The van der Waals surface area contributed by atoms with Gasteiger partial charge in [0.15, 0.2) is 11.5 Å². The maximum atomic E-state index is 4.55. The van der Waals surface area contributed by atoms with Gasteiger partial charge in [-0.05, 0) is 34.5 Å². The lowest BCUT2D eigenvalue weighted by Crippen LogP contribution is -1.89. The number of nitrogens with zero attached hydrogens (tertiary/aromatic N) is 3. The first-order valence-electron chi connectivity index (χ1n) is 5.32. The monoisotopic (exact) mass is 287 g/mol. The van der Waals surface area contributed by atoms with Crippen molar-refractivity contribution < 1.29 is 0 Å². The van der Waals surface area contributed by atoms with Gasteiger partial charge in [-0.2, -0.15) is 0 Å². The molecule has 3 nitrogen and oxygen atoms in total. The second-order valence-corrected chi connectivity index (χ2v) is 4.83. The average molecular weight is 288 g/mol. The molecule has 84 valence electrons. The number of hydrogen-bond acceptors (Lipinski definition) is 2. The molecule has 0 saturated heterocycles. The van der Waals surface area contributed by atoms with Crippen LogP contribution in [0.4, 0.5) is 0 Å². The Morgan fingerprint density at radius 1 is 1.18 bits per heavy atom. The molecule has 0 bridgehead atoms. The maximum Gasteiger partial charge on any atom is 0.182 e. The molecular weight excluding hydrogens is 278 g/mol. The van der Waals surface area contributed by atoms with E-state index >= 15 is 0 Å². The summed E-state index contributed by atoms with van der Waals surface area (Å²) in [5.41, 5.74) is 3.04. The molecule has 0 fully saturated rings. The van der Waals surface area contributed by atoms with Crippen LogP contribution in [0.3, 0.4) is 0 Å². The van der Waals surface area contributed by atoms with Gasteiger partial charge in [0.05, 0.1) is 0 Å². The van der Waals surface area contributed by atoms with E-state index in [0.29, 0.717) is 0 Å². The molecule has 17 heavy (non-hydrogen) atoms. The number of hydrogen-bond donors (Lipinski definition) is 0. The van der Waals surface area contributed by atoms with Gasteiger partial charge in [-0.1, -0.05) is 30.3 Å². The van der Waals surface area contributed by atoms with Gasteiger partial charge >= 0.3 is 0 Å². The summed E-state index contributed by atoms with van der Waals surface area (Å²) in [7, 11) is 0. The highest BCUT2D eigenvalue weighted by molar-refractivity contribution is 9.10. The standard InChI is InChI=1S/C13H10BrN3/c1-9-7-11(14)8-17-13(9)15-12(16-17)10-5-3-2-4-6-10/h2-8H,1H3. The molecule has 2 aromatic heterocycles. The summed E-state index contributed by atoms with van der Waals surface area (Å²) in [6, 6.07) is 12.0. The summed E-state index contributed by atoms with van der Waals surface area (Å²) < 4.78 is 2.81. The number of aryl methyl sites for hydroxylation is 1. The van der Waals surface area contributed by atoms with E-state index in [9.17, 15) is 0 Å². The maximum absolute atomic E-state index is 4.55. The Bertz CT molecular complexity index is 674. The fourth-order valence-electron chi connectivity index (χ4n) is 1.82. The molecule has 1 aromatic carbocycles. The summed E-state index contributed by atoms with van der Waals surface area (Å²) in [6.07, 6.45) is 1.92. The summed E-state index contributed by atoms with van der Waals surface area (Å²) in [6.45, 7) is 2.03. The van der Waals surface area contributed by atoms with Crippen molar-refractivity contribution in [2.45, 2.75) is 6.92 Å². The minimum Gasteiger partial charge on any atom is -0.219 e. The van der Waals surface area contributed by atoms with Gasteiger partial charge in [0.1, 0.15) is 0 Å². The van der Waals surface area contributed by atoms with Crippen molar-refractivity contribution in [3.8, 4) is 11.4 Å². The minimum atomic E-state index is 0.756. The lowest BCUT2D eigenvalue weighted by atomic mass is 10.2. The van der Waals surface area contributed by atoms with Gasteiger partial charge in [-0.3, -0.25) is 0 Å². The topological polar surface area (TPSA) is 30.2 Å². The van der Waals surface area contributed by atoms with Crippen LogP contribution in [-0.4, -0.2) is 14.6 Å². The van der Waals surface area contributed by atoms with E-state index in [4.69, 9.17) is 0 Å². The first-order chi connectivity index (χ1) is 8.24. The number of halogens is 1. The van der Waals surface area contributed by atoms with Crippen molar-refractivity contribution in [1.29, 1.82) is 0 Å². The average Bonchev–Trinajstić information content (AvgIpc) is 2.74. The summed E-state index contributed by atoms with van der Waals surface area (Å²) in [4.78, 5) is 4.55. The van der Waals surface area contributed by atoms with Gasteiger partial charge in [0.25, 0.3) is 0 Å². The van der Waals surface area contributed by atoms with E-state index in [2.05, 4.69) is 26.0 Å². The Morgan fingerprint density at radius 2 is 1.94 bits per heavy atom. The van der Waals surface area contributed by atoms with Crippen LogP contribution in [-0.2, 0) is 0 Å². The van der Waals surface area contributed by atoms with Gasteiger partial charge in [0, 0.05) is 16.2 Å². The van der Waals surface area contributed by atoms with Crippen molar-refractivity contribution in [1.82, 2.24) is 14.6 Å². The molecule has 2 heterocycles. The molecule has 0 saturated carbocycles. The fraction of sp³-hybridized carbons (Fsp3) is 0.0769. The number of pyridine rings is 1. The van der Waals surface area contributed by atoms with E-state index in [1.807, 2.05) is 54.0 Å². The predicted molar refractivity (Wildman–Crippen MR) is 70.9 cm³/mol. The quantitative estimate of drug-likeness (QED) is 0.686. The van der Waals surface area contributed by atoms with Crippen LogP contribution in [0.15, 0.2) is 47.1 Å². The van der Waals surface area contributed by atoms with E-state index in [-0.39, 0.29) is 0 Å². The molecule has 4 heteroatoms. The zero-order chi connectivity index (χ0) is 11.8. The minimum absolute atomic E-state index is 0.756. The fourth-order valence-corrected chi connectivity index (χ4v) is 2.35. The first-order valence-corrected chi connectivity index (χ1v) is 6.11. The number of fused-ring (bicyclic) bond motifs is 1. The van der Waals surface area contributed by atoms with Gasteiger partial charge in [-0.15, -0.1) is 5.10 Å². The van der Waals surface area contributed by atoms with E-state index in [0.717, 1.165) is 27.1 Å². The highest BCUT2D eigenvalue weighted by Gasteiger charge is 2.08. The molecule has 3 aromatic rings. The summed E-state index contributed by atoms with van der Waals surface area (Å²) >= 11 is 3.46. The molecule has 0 unspecified atom stereocenters. The SMILES string of the molecule is Cc1cc(Br)cn2nc(-c3ccccc3)nc12. The molecule has 0 N–H and O–H groups in total. The summed E-state index contributed by atoms with van der Waals surface area (Å²) in [5, 5.41) is 4.48. The smallest absolute Gasteiger partial charge is 0.182 e. The van der Waals surface area contributed by atoms with Crippen molar-refractivity contribution in [3.63, 3.8) is 0 Å². The Balaban J connectivity index is 2.24. The van der Waals surface area contributed by atoms with Crippen LogP contribution in [0.25, 0.3) is 17.0 Å². The molecular formula is C13H10BrN3. The third-order valence-corrected chi connectivity index (χ3v) is 3.05. The highest BCUT2D eigenvalue weighted by atomic mass is 79.9. The van der Waals surface area contributed by atoms with Crippen LogP contribution >= 0.6 is 15.9 Å². The van der Waals surface area contributed by atoms with Crippen molar-refractivity contribution >= 4 is 21.6 Å². The molecule has 0 spiro atoms. The molecule has 0 aliphatic rings. The zero-order valence-corrected chi connectivity index (χ0v) is 10.8. The first kappa shape index (κ1) is 10.5. The van der Waals surface area contributed by atoms with E-state index in [1.54, 1.807) is 0 Å². The lowest BCUT2D eigenvalue weighted by molar-refractivity contribution is 0.955. The number of aromatic nitrogens is 3. The third kappa shape index (κ3) is 1.85. The van der Waals surface area contributed by atoms with E-state index in [1.165, 1.54) is 0 Å². The highest BCUT2D eigenvalue weighted by Crippen LogP contribution is 2.20. The van der Waals surface area contributed by atoms with Crippen LogP contribution in [0.2, 0.25) is 0 Å². The van der Waals surface area contributed by atoms with Crippen molar-refractivity contribution in [2.24, 2.45) is 0 Å². The normalized spacial score (nSPS) is 10.9. The summed E-state index contributed by atoms with van der Waals surface area (Å²) in [5.74, 6) is 0.756. The number of benzene rings is 1. The third-order valence-electron chi connectivity index (χ3n) is 2.62. The second kappa shape index (κ2) is 3.96. The molecule has 0 amide bonds.